The zero-order valence-electron chi connectivity index (χ0n) is 34.2. The number of phosphoric ester groups is 1. The monoisotopic (exact) mass is 781 g/mol. The van der Waals surface area contributed by atoms with E-state index >= 15 is 0 Å². The number of unbranched alkanes of at least 4 members (excludes halogenated alkanes) is 12. The third-order valence-corrected chi connectivity index (χ3v) is 10.8. The Bertz CT molecular complexity index is 1370. The normalized spacial score (nSPS) is 13.2. The Morgan fingerprint density at radius 3 is 1.78 bits per heavy atom. The molecule has 310 valence electrons. The molecule has 1 unspecified atom stereocenters. The van der Waals surface area contributed by atoms with Gasteiger partial charge in [0.1, 0.15) is 29.6 Å². The maximum Gasteiger partial charge on any atom is 0.472 e. The highest BCUT2D eigenvalue weighted by molar-refractivity contribution is 7.47. The minimum Gasteiger partial charge on any atom is -0.466 e. The van der Waals surface area contributed by atoms with Gasteiger partial charge in [0.05, 0.1) is 13.2 Å². The summed E-state index contributed by atoms with van der Waals surface area (Å²) in [6.07, 6.45) is 19.8. The number of carbonyl (C=O) groups is 2. The predicted molar refractivity (Wildman–Crippen MR) is 213 cm³/mol. The van der Waals surface area contributed by atoms with Crippen LogP contribution in [0.1, 0.15) is 169 Å². The maximum atomic E-state index is 12.6. The Hall–Kier alpha value is -2.43. The summed E-state index contributed by atoms with van der Waals surface area (Å²) in [7, 11) is -4.40. The summed E-state index contributed by atoms with van der Waals surface area (Å²) in [5.74, 6) is 3.58. The van der Waals surface area contributed by atoms with Crippen molar-refractivity contribution in [1.82, 2.24) is 0 Å². The van der Waals surface area contributed by atoms with Crippen molar-refractivity contribution < 1.29 is 46.4 Å². The van der Waals surface area contributed by atoms with Crippen LogP contribution in [0.2, 0.25) is 0 Å². The van der Waals surface area contributed by atoms with Crippen LogP contribution in [0.4, 0.5) is 0 Å². The molecule has 54 heavy (non-hydrogen) atoms. The fourth-order valence-corrected chi connectivity index (χ4v) is 7.28. The lowest BCUT2D eigenvalue weighted by atomic mass is 10.0. The van der Waals surface area contributed by atoms with E-state index < -0.39 is 32.5 Å². The molecule has 0 radical (unpaired) electrons. The molecule has 2 aromatic rings. The van der Waals surface area contributed by atoms with Crippen LogP contribution in [0.15, 0.2) is 14.9 Å². The van der Waals surface area contributed by atoms with Crippen LogP contribution < -0.4 is 5.73 Å². The van der Waals surface area contributed by atoms with Crippen molar-refractivity contribution in [2.75, 3.05) is 26.4 Å². The molecular formula is C42H72NO10P. The summed E-state index contributed by atoms with van der Waals surface area (Å²) >= 11 is 0. The van der Waals surface area contributed by atoms with Crippen LogP contribution in [0.5, 0.6) is 0 Å². The summed E-state index contributed by atoms with van der Waals surface area (Å²) in [5.41, 5.74) is 9.18. The SMILES string of the molecule is CCCc1cc(C)c(CCCCCCCCCCC(=O)O[C@H](COC(=O)CCCCCCCCc2oc(CCC)c(C)c2C)COP(=O)(O)OCCN)o1. The van der Waals surface area contributed by atoms with E-state index in [1.165, 1.54) is 29.5 Å². The minimum atomic E-state index is -4.40. The quantitative estimate of drug-likeness (QED) is 0.0403. The maximum absolute atomic E-state index is 12.6. The molecule has 11 nitrogen and oxygen atoms in total. The highest BCUT2D eigenvalue weighted by Gasteiger charge is 2.26. The van der Waals surface area contributed by atoms with Crippen LogP contribution in [-0.2, 0) is 58.4 Å². The summed E-state index contributed by atoms with van der Waals surface area (Å²) in [5, 5.41) is 0. The van der Waals surface area contributed by atoms with Crippen LogP contribution in [0, 0.1) is 20.8 Å². The van der Waals surface area contributed by atoms with E-state index in [9.17, 15) is 19.0 Å². The standard InChI is InChI=1S/C42H72NO10P/c1-6-22-36-30-33(3)38(51-36)24-18-14-10-8-9-11-17-21-27-42(45)52-37(32-50-54(46,47)49-29-28-43)31-48-41(44)26-20-16-13-12-15-19-25-40-35(5)34(4)39(53-40)23-7-2/h30,37H,6-29,31-32,43H2,1-5H3,(H,46,47)/t37-/m1/s1. The molecule has 0 fully saturated rings. The topological polar surface area (TPSA) is 161 Å². The Balaban J connectivity index is 1.60. The second-order valence-corrected chi connectivity index (χ2v) is 16.1. The molecule has 0 aliphatic rings. The summed E-state index contributed by atoms with van der Waals surface area (Å²) in [4.78, 5) is 35.0. The molecule has 0 aliphatic heterocycles. The molecule has 2 aromatic heterocycles. The second-order valence-electron chi connectivity index (χ2n) is 14.6. The van der Waals surface area contributed by atoms with Crippen molar-refractivity contribution in [1.29, 1.82) is 0 Å². The van der Waals surface area contributed by atoms with Gasteiger partial charge in [0.25, 0.3) is 0 Å². The van der Waals surface area contributed by atoms with Crippen LogP contribution >= 0.6 is 7.82 Å². The highest BCUT2D eigenvalue weighted by atomic mass is 31.2. The zero-order chi connectivity index (χ0) is 39.6. The molecule has 0 saturated heterocycles. The number of esters is 2. The first-order valence-electron chi connectivity index (χ1n) is 20.8. The number of rotatable bonds is 33. The van der Waals surface area contributed by atoms with Gasteiger partial charge in [0.2, 0.25) is 0 Å². The van der Waals surface area contributed by atoms with Crippen molar-refractivity contribution in [3.05, 3.63) is 45.8 Å². The van der Waals surface area contributed by atoms with Crippen LogP contribution in [-0.4, -0.2) is 49.3 Å². The Morgan fingerprint density at radius 1 is 0.685 bits per heavy atom. The largest absolute Gasteiger partial charge is 0.472 e. The van der Waals surface area contributed by atoms with E-state index in [0.29, 0.717) is 12.8 Å². The molecule has 12 heteroatoms. The molecule has 0 amide bonds. The third kappa shape index (κ3) is 20.5. The fourth-order valence-electron chi connectivity index (χ4n) is 6.51. The van der Waals surface area contributed by atoms with Gasteiger partial charge < -0.3 is 28.9 Å². The number of aryl methyl sites for hydroxylation is 5. The zero-order valence-corrected chi connectivity index (χ0v) is 35.1. The van der Waals surface area contributed by atoms with Gasteiger partial charge >= 0.3 is 19.8 Å². The Morgan fingerprint density at radius 2 is 1.20 bits per heavy atom. The number of phosphoric acid groups is 1. The van der Waals surface area contributed by atoms with Gasteiger partial charge in [0.15, 0.2) is 6.10 Å². The summed E-state index contributed by atoms with van der Waals surface area (Å²) in [6.45, 7) is 9.90. The number of ether oxygens (including phenoxy) is 2. The molecule has 0 saturated carbocycles. The average molecular weight is 782 g/mol. The smallest absolute Gasteiger partial charge is 0.466 e. The van der Waals surface area contributed by atoms with Crippen LogP contribution in [0.25, 0.3) is 0 Å². The van der Waals surface area contributed by atoms with Crippen LogP contribution in [0.3, 0.4) is 0 Å². The van der Waals surface area contributed by atoms with Crippen molar-refractivity contribution >= 4 is 19.8 Å². The predicted octanol–water partition coefficient (Wildman–Crippen LogP) is 10.3. The molecule has 3 N–H and O–H groups in total. The van der Waals surface area contributed by atoms with Gasteiger partial charge in [-0.3, -0.25) is 18.6 Å². The van der Waals surface area contributed by atoms with E-state index in [0.717, 1.165) is 126 Å². The summed E-state index contributed by atoms with van der Waals surface area (Å²) in [6, 6.07) is 2.17. The fraction of sp³-hybridized carbons (Fsp3) is 0.762. The number of hydrogen-bond acceptors (Lipinski definition) is 10. The van der Waals surface area contributed by atoms with Gasteiger partial charge in [0, 0.05) is 45.1 Å². The van der Waals surface area contributed by atoms with Gasteiger partial charge in [-0.05, 0) is 82.1 Å². The number of furan rings is 2. The lowest BCUT2D eigenvalue weighted by Crippen LogP contribution is -2.29. The number of hydrogen-bond donors (Lipinski definition) is 2. The molecule has 2 heterocycles. The molecular weight excluding hydrogens is 709 g/mol. The second kappa shape index (κ2) is 28.0. The van der Waals surface area contributed by atoms with Crippen molar-refractivity contribution in [2.24, 2.45) is 5.73 Å². The number of carbonyl (C=O) groups excluding carboxylic acids is 2. The van der Waals surface area contributed by atoms with Crippen molar-refractivity contribution in [2.45, 2.75) is 182 Å². The molecule has 0 spiro atoms. The Labute approximate surface area is 325 Å². The highest BCUT2D eigenvalue weighted by Crippen LogP contribution is 2.43. The van der Waals surface area contributed by atoms with E-state index in [-0.39, 0.29) is 32.6 Å². The first-order valence-corrected chi connectivity index (χ1v) is 22.3. The van der Waals surface area contributed by atoms with Gasteiger partial charge in [-0.1, -0.05) is 78.1 Å². The van der Waals surface area contributed by atoms with E-state index in [1.807, 2.05) is 0 Å². The Kier molecular flexibility index (Phi) is 24.8. The lowest BCUT2D eigenvalue weighted by molar-refractivity contribution is -0.161. The first kappa shape index (κ1) is 47.7. The number of nitrogens with two attached hydrogens (primary N) is 1. The molecule has 2 rings (SSSR count). The third-order valence-electron chi connectivity index (χ3n) is 9.78. The summed E-state index contributed by atoms with van der Waals surface area (Å²) < 4.78 is 44.9. The first-order chi connectivity index (χ1) is 26.0. The van der Waals surface area contributed by atoms with E-state index in [4.69, 9.17) is 33.1 Å². The van der Waals surface area contributed by atoms with Gasteiger partial charge in [-0.2, -0.15) is 0 Å². The van der Waals surface area contributed by atoms with E-state index in [1.54, 1.807) is 0 Å². The molecule has 0 bridgehead atoms. The average Bonchev–Trinajstić information content (AvgIpc) is 3.63. The van der Waals surface area contributed by atoms with Gasteiger partial charge in [-0.25, -0.2) is 4.57 Å². The van der Waals surface area contributed by atoms with Gasteiger partial charge in [-0.15, -0.1) is 0 Å². The molecule has 0 aromatic carbocycles. The molecule has 0 aliphatic carbocycles. The lowest BCUT2D eigenvalue weighted by Gasteiger charge is -2.19. The minimum absolute atomic E-state index is 0.0413. The van der Waals surface area contributed by atoms with E-state index in [2.05, 4.69) is 40.7 Å². The van der Waals surface area contributed by atoms with Crippen molar-refractivity contribution in [3.8, 4) is 0 Å². The molecule has 2 atom stereocenters. The van der Waals surface area contributed by atoms with Crippen molar-refractivity contribution in [3.63, 3.8) is 0 Å².